The van der Waals surface area contributed by atoms with Crippen LogP contribution in [0.2, 0.25) is 0 Å². The zero-order valence-corrected chi connectivity index (χ0v) is 13.8. The first-order chi connectivity index (χ1) is 12.6. The van der Waals surface area contributed by atoms with Gasteiger partial charge in [0.2, 0.25) is 6.10 Å². The molecule has 0 aliphatic carbocycles. The highest BCUT2D eigenvalue weighted by atomic mass is 19.3. The van der Waals surface area contributed by atoms with Crippen molar-refractivity contribution >= 4 is 5.97 Å². The molecule has 0 unspecified atom stereocenters. The Labute approximate surface area is 148 Å². The molecule has 0 N–H and O–H groups in total. The Morgan fingerprint density at radius 2 is 1.96 bits per heavy atom. The number of carbonyl (C=O) groups excluding carboxylic acids is 1. The number of alkyl halides is 2. The summed E-state index contributed by atoms with van der Waals surface area (Å²) >= 11 is 0. The smallest absolute Gasteiger partial charge is 0.387 e. The number of rotatable bonds is 6. The lowest BCUT2D eigenvalue weighted by Crippen LogP contribution is -2.37. The zero-order chi connectivity index (χ0) is 18.5. The van der Waals surface area contributed by atoms with E-state index < -0.39 is 18.7 Å². The van der Waals surface area contributed by atoms with Crippen LogP contribution in [0, 0.1) is 0 Å². The van der Waals surface area contributed by atoms with E-state index in [1.54, 1.807) is 24.3 Å². The van der Waals surface area contributed by atoms with Crippen molar-refractivity contribution in [3.63, 3.8) is 0 Å². The van der Waals surface area contributed by atoms with E-state index in [0.717, 1.165) is 0 Å². The maximum absolute atomic E-state index is 12.3. The van der Waals surface area contributed by atoms with Gasteiger partial charge in [-0.1, -0.05) is 18.2 Å². The second kappa shape index (κ2) is 7.90. The predicted molar refractivity (Wildman–Crippen MR) is 85.8 cm³/mol. The first-order valence-corrected chi connectivity index (χ1v) is 7.73. The van der Waals surface area contributed by atoms with Crippen LogP contribution in [0.15, 0.2) is 42.5 Å². The van der Waals surface area contributed by atoms with Crippen molar-refractivity contribution in [3.8, 4) is 23.0 Å². The van der Waals surface area contributed by atoms with Gasteiger partial charge < -0.3 is 23.7 Å². The minimum absolute atomic E-state index is 0.0420. The molecule has 1 aliphatic heterocycles. The van der Waals surface area contributed by atoms with Gasteiger partial charge in [-0.05, 0) is 29.8 Å². The predicted octanol–water partition coefficient (Wildman–Crippen LogP) is 3.18. The fraction of sp³-hybridized carbons (Fsp3) is 0.278. The molecule has 1 aliphatic rings. The Balaban J connectivity index is 1.59. The molecule has 1 heterocycles. The molecule has 0 saturated carbocycles. The first-order valence-electron chi connectivity index (χ1n) is 7.73. The summed E-state index contributed by atoms with van der Waals surface area (Å²) in [6, 6.07) is 11.3. The summed E-state index contributed by atoms with van der Waals surface area (Å²) in [5, 5.41) is 0. The van der Waals surface area contributed by atoms with Crippen LogP contribution in [0.4, 0.5) is 8.78 Å². The summed E-state index contributed by atoms with van der Waals surface area (Å²) in [6.07, 6.45) is -0.881. The van der Waals surface area contributed by atoms with E-state index in [1.807, 2.05) is 0 Å². The van der Waals surface area contributed by atoms with Gasteiger partial charge in [-0.2, -0.15) is 8.78 Å². The fourth-order valence-corrected chi connectivity index (χ4v) is 2.38. The second-order valence-corrected chi connectivity index (χ2v) is 5.34. The summed E-state index contributed by atoms with van der Waals surface area (Å²) in [6.45, 7) is -3.00. The van der Waals surface area contributed by atoms with E-state index in [0.29, 0.717) is 17.1 Å². The van der Waals surface area contributed by atoms with E-state index in [4.69, 9.17) is 18.9 Å². The van der Waals surface area contributed by atoms with Crippen molar-refractivity contribution < 1.29 is 37.3 Å². The van der Waals surface area contributed by atoms with Gasteiger partial charge in [0.15, 0.2) is 23.0 Å². The van der Waals surface area contributed by atoms with Crippen molar-refractivity contribution in [2.75, 3.05) is 13.7 Å². The zero-order valence-electron chi connectivity index (χ0n) is 13.8. The minimum atomic E-state index is -2.96. The Hall–Kier alpha value is -3.03. The molecule has 0 spiro atoms. The largest absolute Gasteiger partial charge is 0.493 e. The number of carbonyl (C=O) groups is 1. The molecular weight excluding hydrogens is 350 g/mol. The average Bonchev–Trinajstić information content (AvgIpc) is 2.66. The highest BCUT2D eigenvalue weighted by Gasteiger charge is 2.28. The minimum Gasteiger partial charge on any atom is -0.493 e. The molecule has 0 bridgehead atoms. The van der Waals surface area contributed by atoms with Gasteiger partial charge in [0.25, 0.3) is 0 Å². The normalized spacial score (nSPS) is 15.5. The summed E-state index contributed by atoms with van der Waals surface area (Å²) in [5.41, 5.74) is 0.550. The van der Waals surface area contributed by atoms with Crippen LogP contribution in [0.1, 0.15) is 5.56 Å². The Morgan fingerprint density at radius 1 is 1.19 bits per heavy atom. The number of hydrogen-bond donors (Lipinski definition) is 0. The van der Waals surface area contributed by atoms with Gasteiger partial charge in [-0.25, -0.2) is 4.79 Å². The molecule has 8 heteroatoms. The van der Waals surface area contributed by atoms with E-state index >= 15 is 0 Å². The van der Waals surface area contributed by atoms with Crippen molar-refractivity contribution in [2.24, 2.45) is 0 Å². The molecular formula is C18H16F2O6. The van der Waals surface area contributed by atoms with Crippen molar-refractivity contribution in [2.45, 2.75) is 19.3 Å². The topological polar surface area (TPSA) is 63.2 Å². The van der Waals surface area contributed by atoms with Gasteiger partial charge >= 0.3 is 12.6 Å². The van der Waals surface area contributed by atoms with Gasteiger partial charge in [-0.3, -0.25) is 0 Å². The van der Waals surface area contributed by atoms with Crippen molar-refractivity contribution in [3.05, 3.63) is 48.0 Å². The van der Waals surface area contributed by atoms with Crippen LogP contribution in [-0.4, -0.2) is 32.4 Å². The third kappa shape index (κ3) is 4.14. The number of para-hydroxylation sites is 2. The van der Waals surface area contributed by atoms with Crippen LogP contribution in [0.5, 0.6) is 23.0 Å². The number of fused-ring (bicyclic) bond motifs is 1. The number of hydrogen-bond acceptors (Lipinski definition) is 6. The molecule has 0 fully saturated rings. The highest BCUT2D eigenvalue weighted by Crippen LogP contribution is 2.32. The van der Waals surface area contributed by atoms with E-state index in [-0.39, 0.29) is 24.7 Å². The SMILES string of the molecule is COc1cc(COC(=O)[C@@H]2COc3ccccc3O2)ccc1OC(F)F. The highest BCUT2D eigenvalue weighted by molar-refractivity contribution is 5.76. The molecule has 0 aromatic heterocycles. The van der Waals surface area contributed by atoms with Crippen LogP contribution in [0.3, 0.4) is 0 Å². The molecule has 26 heavy (non-hydrogen) atoms. The standard InChI is InChI=1S/C18H16F2O6/c1-22-15-8-11(6-7-14(15)26-18(19)20)9-24-17(21)16-10-23-12-4-2-3-5-13(12)25-16/h2-8,16,18H,9-10H2,1H3/t16-/m0/s1. The lowest BCUT2D eigenvalue weighted by atomic mass is 10.2. The fourth-order valence-electron chi connectivity index (χ4n) is 2.38. The van der Waals surface area contributed by atoms with Crippen LogP contribution in [0.25, 0.3) is 0 Å². The lowest BCUT2D eigenvalue weighted by molar-refractivity contribution is -0.155. The summed E-state index contributed by atoms with van der Waals surface area (Å²) < 4.78 is 50.2. The van der Waals surface area contributed by atoms with Crippen LogP contribution in [-0.2, 0) is 16.1 Å². The maximum Gasteiger partial charge on any atom is 0.387 e. The summed E-state index contributed by atoms with van der Waals surface area (Å²) in [7, 11) is 1.33. The van der Waals surface area contributed by atoms with Gasteiger partial charge in [0, 0.05) is 0 Å². The number of methoxy groups -OCH3 is 1. The molecule has 0 radical (unpaired) electrons. The quantitative estimate of drug-likeness (QED) is 0.732. The second-order valence-electron chi connectivity index (χ2n) is 5.34. The van der Waals surface area contributed by atoms with Crippen molar-refractivity contribution in [1.82, 2.24) is 0 Å². The van der Waals surface area contributed by atoms with E-state index in [2.05, 4.69) is 4.74 Å². The third-order valence-corrected chi connectivity index (χ3v) is 3.60. The molecule has 0 amide bonds. The van der Waals surface area contributed by atoms with Crippen LogP contribution >= 0.6 is 0 Å². The molecule has 0 saturated heterocycles. The van der Waals surface area contributed by atoms with Crippen LogP contribution < -0.4 is 18.9 Å². The van der Waals surface area contributed by atoms with Gasteiger partial charge in [-0.15, -0.1) is 0 Å². The molecule has 3 rings (SSSR count). The van der Waals surface area contributed by atoms with E-state index in [9.17, 15) is 13.6 Å². The summed E-state index contributed by atoms with van der Waals surface area (Å²) in [4.78, 5) is 12.2. The monoisotopic (exact) mass is 366 g/mol. The Kier molecular flexibility index (Phi) is 5.40. The average molecular weight is 366 g/mol. The number of ether oxygens (including phenoxy) is 5. The Morgan fingerprint density at radius 3 is 2.69 bits per heavy atom. The van der Waals surface area contributed by atoms with Crippen molar-refractivity contribution in [1.29, 1.82) is 0 Å². The molecule has 6 nitrogen and oxygen atoms in total. The maximum atomic E-state index is 12.3. The molecule has 1 atom stereocenters. The summed E-state index contributed by atoms with van der Waals surface area (Å²) in [5.74, 6) is 0.460. The number of benzene rings is 2. The molecule has 2 aromatic carbocycles. The molecule has 138 valence electrons. The number of esters is 1. The first kappa shape index (κ1) is 17.8. The molecule has 2 aromatic rings. The van der Waals surface area contributed by atoms with E-state index in [1.165, 1.54) is 25.3 Å². The van der Waals surface area contributed by atoms with Gasteiger partial charge in [0.1, 0.15) is 13.2 Å². The Bertz CT molecular complexity index is 780. The lowest BCUT2D eigenvalue weighted by Gasteiger charge is -2.25. The number of halogens is 2. The van der Waals surface area contributed by atoms with Gasteiger partial charge in [0.05, 0.1) is 7.11 Å². The third-order valence-electron chi connectivity index (χ3n) is 3.60.